The summed E-state index contributed by atoms with van der Waals surface area (Å²) < 4.78 is 0. The van der Waals surface area contributed by atoms with Gasteiger partial charge >= 0.3 is 0 Å². The highest BCUT2D eigenvalue weighted by molar-refractivity contribution is 5.79. The van der Waals surface area contributed by atoms with Gasteiger partial charge in [0, 0.05) is 32.4 Å². The number of anilines is 1. The van der Waals surface area contributed by atoms with Crippen LogP contribution >= 0.6 is 0 Å². The molecule has 0 radical (unpaired) electrons. The largest absolute Gasteiger partial charge is 0.371 e. The number of benzene rings is 1. The standard InChI is InChI=1S/C16H25N3O/c1-12-9-15(7-6-13(12)10-17-2)19-8-4-5-14(11-19)16(20)18-3/h6-7,9,14,17H,4-5,8,10-11H2,1-3H3,(H,18,20). The third kappa shape index (κ3) is 3.31. The van der Waals surface area contributed by atoms with E-state index in [0.29, 0.717) is 0 Å². The number of aryl methyl sites for hydroxylation is 1. The number of carbonyl (C=O) groups excluding carboxylic acids is 1. The van der Waals surface area contributed by atoms with Crippen molar-refractivity contribution in [3.63, 3.8) is 0 Å². The van der Waals surface area contributed by atoms with E-state index in [2.05, 4.69) is 40.7 Å². The molecule has 1 heterocycles. The van der Waals surface area contributed by atoms with Gasteiger partial charge in [-0.2, -0.15) is 0 Å². The molecule has 1 saturated heterocycles. The first-order valence-corrected chi connectivity index (χ1v) is 7.36. The fourth-order valence-corrected chi connectivity index (χ4v) is 2.90. The number of amides is 1. The molecule has 2 rings (SSSR count). The lowest BCUT2D eigenvalue weighted by Gasteiger charge is -2.34. The first-order valence-electron chi connectivity index (χ1n) is 7.36. The Morgan fingerprint density at radius 1 is 1.40 bits per heavy atom. The van der Waals surface area contributed by atoms with E-state index < -0.39 is 0 Å². The number of piperidine rings is 1. The van der Waals surface area contributed by atoms with E-state index in [1.54, 1.807) is 7.05 Å². The Labute approximate surface area is 121 Å². The van der Waals surface area contributed by atoms with Gasteiger partial charge in [-0.05, 0) is 50.1 Å². The van der Waals surface area contributed by atoms with Crippen LogP contribution in [0.4, 0.5) is 5.69 Å². The SMILES string of the molecule is CNCc1ccc(N2CCCC(C(=O)NC)C2)cc1C. The molecular formula is C16H25N3O. The summed E-state index contributed by atoms with van der Waals surface area (Å²) in [4.78, 5) is 14.1. The Balaban J connectivity index is 2.11. The molecule has 1 aliphatic heterocycles. The molecule has 20 heavy (non-hydrogen) atoms. The minimum absolute atomic E-state index is 0.117. The van der Waals surface area contributed by atoms with Crippen molar-refractivity contribution in [2.24, 2.45) is 5.92 Å². The number of hydrogen-bond acceptors (Lipinski definition) is 3. The van der Waals surface area contributed by atoms with Gasteiger partial charge in [0.15, 0.2) is 0 Å². The van der Waals surface area contributed by atoms with Gasteiger partial charge in [0.05, 0.1) is 5.92 Å². The van der Waals surface area contributed by atoms with Crippen molar-refractivity contribution < 1.29 is 4.79 Å². The number of hydrogen-bond donors (Lipinski definition) is 2. The molecule has 1 aliphatic rings. The highest BCUT2D eigenvalue weighted by Crippen LogP contribution is 2.25. The molecule has 1 aromatic rings. The van der Waals surface area contributed by atoms with Gasteiger partial charge in [0.2, 0.25) is 5.91 Å². The van der Waals surface area contributed by atoms with E-state index in [4.69, 9.17) is 0 Å². The quantitative estimate of drug-likeness (QED) is 0.878. The minimum atomic E-state index is 0.117. The molecule has 1 fully saturated rings. The molecule has 0 saturated carbocycles. The van der Waals surface area contributed by atoms with Gasteiger partial charge < -0.3 is 15.5 Å². The minimum Gasteiger partial charge on any atom is -0.371 e. The van der Waals surface area contributed by atoms with E-state index in [0.717, 1.165) is 32.5 Å². The number of rotatable bonds is 4. The second-order valence-corrected chi connectivity index (χ2v) is 5.54. The van der Waals surface area contributed by atoms with Gasteiger partial charge in [-0.1, -0.05) is 6.07 Å². The maximum Gasteiger partial charge on any atom is 0.224 e. The fraction of sp³-hybridized carbons (Fsp3) is 0.562. The first-order chi connectivity index (χ1) is 9.65. The van der Waals surface area contributed by atoms with E-state index in [1.807, 2.05) is 7.05 Å². The Kier molecular flexibility index (Phi) is 5.01. The zero-order valence-electron chi connectivity index (χ0n) is 12.7. The molecule has 0 aromatic heterocycles. The third-order valence-corrected chi connectivity index (χ3v) is 4.10. The summed E-state index contributed by atoms with van der Waals surface area (Å²) in [5.41, 5.74) is 3.87. The van der Waals surface area contributed by atoms with Gasteiger partial charge in [-0.3, -0.25) is 4.79 Å². The van der Waals surface area contributed by atoms with Crippen LogP contribution in [0.2, 0.25) is 0 Å². The summed E-state index contributed by atoms with van der Waals surface area (Å²) in [7, 11) is 3.68. The number of nitrogens with one attached hydrogen (secondary N) is 2. The van der Waals surface area contributed by atoms with Crippen LogP contribution in [0.3, 0.4) is 0 Å². The molecule has 4 heteroatoms. The topological polar surface area (TPSA) is 44.4 Å². The summed E-state index contributed by atoms with van der Waals surface area (Å²) in [5, 5.41) is 5.96. The maximum absolute atomic E-state index is 11.8. The van der Waals surface area contributed by atoms with Crippen LogP contribution in [-0.2, 0) is 11.3 Å². The van der Waals surface area contributed by atoms with E-state index in [9.17, 15) is 4.79 Å². The van der Waals surface area contributed by atoms with Crippen molar-refractivity contribution in [2.45, 2.75) is 26.3 Å². The van der Waals surface area contributed by atoms with Gasteiger partial charge in [0.1, 0.15) is 0 Å². The predicted octanol–water partition coefficient (Wildman–Crippen LogP) is 1.68. The van der Waals surface area contributed by atoms with Crippen molar-refractivity contribution >= 4 is 11.6 Å². The molecule has 110 valence electrons. The molecule has 0 bridgehead atoms. The third-order valence-electron chi connectivity index (χ3n) is 4.10. The summed E-state index contributed by atoms with van der Waals surface area (Å²) >= 11 is 0. The number of carbonyl (C=O) groups is 1. The van der Waals surface area contributed by atoms with Gasteiger partial charge in [0.25, 0.3) is 0 Å². The molecule has 1 aromatic carbocycles. The van der Waals surface area contributed by atoms with Crippen LogP contribution < -0.4 is 15.5 Å². The van der Waals surface area contributed by atoms with Crippen molar-refractivity contribution in [3.05, 3.63) is 29.3 Å². The van der Waals surface area contributed by atoms with E-state index in [1.165, 1.54) is 16.8 Å². The highest BCUT2D eigenvalue weighted by atomic mass is 16.1. The Morgan fingerprint density at radius 2 is 2.20 bits per heavy atom. The first kappa shape index (κ1) is 14.9. The molecule has 2 N–H and O–H groups in total. The van der Waals surface area contributed by atoms with Crippen molar-refractivity contribution in [1.29, 1.82) is 0 Å². The Bertz CT molecular complexity index is 473. The number of nitrogens with zero attached hydrogens (tertiary/aromatic N) is 1. The van der Waals surface area contributed by atoms with Crippen molar-refractivity contribution in [3.8, 4) is 0 Å². The molecule has 0 aliphatic carbocycles. The average molecular weight is 275 g/mol. The van der Waals surface area contributed by atoms with Crippen molar-refractivity contribution in [2.75, 3.05) is 32.1 Å². The molecule has 1 unspecified atom stereocenters. The molecule has 1 amide bonds. The lowest BCUT2D eigenvalue weighted by Crippen LogP contribution is -2.42. The zero-order chi connectivity index (χ0) is 14.5. The lowest BCUT2D eigenvalue weighted by atomic mass is 9.96. The van der Waals surface area contributed by atoms with Crippen LogP contribution in [-0.4, -0.2) is 33.1 Å². The average Bonchev–Trinajstić information content (AvgIpc) is 2.49. The zero-order valence-corrected chi connectivity index (χ0v) is 12.7. The monoisotopic (exact) mass is 275 g/mol. The van der Waals surface area contributed by atoms with Gasteiger partial charge in [-0.15, -0.1) is 0 Å². The highest BCUT2D eigenvalue weighted by Gasteiger charge is 2.25. The fourth-order valence-electron chi connectivity index (χ4n) is 2.90. The molecule has 0 spiro atoms. The summed E-state index contributed by atoms with van der Waals surface area (Å²) in [5.74, 6) is 0.282. The Morgan fingerprint density at radius 3 is 2.85 bits per heavy atom. The van der Waals surface area contributed by atoms with Crippen LogP contribution in [0.15, 0.2) is 18.2 Å². The van der Waals surface area contributed by atoms with Crippen LogP contribution in [0.25, 0.3) is 0 Å². The van der Waals surface area contributed by atoms with E-state index >= 15 is 0 Å². The van der Waals surface area contributed by atoms with E-state index in [-0.39, 0.29) is 11.8 Å². The second kappa shape index (κ2) is 6.75. The summed E-state index contributed by atoms with van der Waals surface area (Å²) in [6.45, 7) is 4.91. The lowest BCUT2D eigenvalue weighted by molar-refractivity contribution is -0.124. The van der Waals surface area contributed by atoms with Gasteiger partial charge in [-0.25, -0.2) is 0 Å². The van der Waals surface area contributed by atoms with Crippen LogP contribution in [0, 0.1) is 12.8 Å². The molecule has 4 nitrogen and oxygen atoms in total. The summed E-state index contributed by atoms with van der Waals surface area (Å²) in [6, 6.07) is 6.59. The maximum atomic E-state index is 11.8. The molecule has 1 atom stereocenters. The normalized spacial score (nSPS) is 18.9. The van der Waals surface area contributed by atoms with Crippen molar-refractivity contribution in [1.82, 2.24) is 10.6 Å². The summed E-state index contributed by atoms with van der Waals surface area (Å²) in [6.07, 6.45) is 2.07. The Hall–Kier alpha value is -1.55. The van der Waals surface area contributed by atoms with Crippen LogP contribution in [0.1, 0.15) is 24.0 Å². The smallest absolute Gasteiger partial charge is 0.224 e. The predicted molar refractivity (Wildman–Crippen MR) is 82.9 cm³/mol. The second-order valence-electron chi connectivity index (χ2n) is 5.54. The molecular weight excluding hydrogens is 250 g/mol. The van der Waals surface area contributed by atoms with Crippen LogP contribution in [0.5, 0.6) is 0 Å².